The van der Waals surface area contributed by atoms with E-state index in [1.807, 2.05) is 20.8 Å². The van der Waals surface area contributed by atoms with Crippen LogP contribution >= 0.6 is 0 Å². The summed E-state index contributed by atoms with van der Waals surface area (Å²) >= 11 is -1.38. The average molecular weight is 343 g/mol. The summed E-state index contributed by atoms with van der Waals surface area (Å²) in [6, 6.07) is 1.30. The Kier molecular flexibility index (Phi) is 4.79. The van der Waals surface area contributed by atoms with Gasteiger partial charge in [0.2, 0.25) is 0 Å². The molecule has 1 heterocycles. The number of halogens is 2. The first-order valence-corrected chi connectivity index (χ1v) is 8.21. The third kappa shape index (κ3) is 3.54. The first kappa shape index (κ1) is 17.8. The predicted molar refractivity (Wildman–Crippen MR) is 86.3 cm³/mol. The standard InChI is InChI=1S/C15H19F2N3O2S/c1-8(19-23(22)15(2,3)4)13-9-6-11(16)12(17)7-10(9)14(21)20(5)18-13/h6-8,19H,1-5H3/t8-,23+/m1/s1. The van der Waals surface area contributed by atoms with Crippen molar-refractivity contribution in [2.75, 3.05) is 0 Å². The molecule has 1 aromatic heterocycles. The van der Waals surface area contributed by atoms with Gasteiger partial charge in [0.05, 0.1) is 17.1 Å². The quantitative estimate of drug-likeness (QED) is 0.869. The number of nitrogens with zero attached hydrogens (tertiary/aromatic N) is 2. The highest BCUT2D eigenvalue weighted by Gasteiger charge is 2.29. The minimum Gasteiger partial charge on any atom is -0.598 e. The van der Waals surface area contributed by atoms with Crippen LogP contribution in [-0.4, -0.2) is 19.1 Å². The highest BCUT2D eigenvalue weighted by atomic mass is 32.2. The number of aromatic nitrogens is 2. The van der Waals surface area contributed by atoms with E-state index in [1.54, 1.807) is 6.92 Å². The molecule has 2 atom stereocenters. The zero-order valence-electron chi connectivity index (χ0n) is 13.6. The van der Waals surface area contributed by atoms with Gasteiger partial charge in [0.15, 0.2) is 11.6 Å². The number of nitrogens with one attached hydrogen (secondary N) is 1. The molecule has 0 aliphatic carbocycles. The van der Waals surface area contributed by atoms with Crippen LogP contribution < -0.4 is 10.3 Å². The van der Waals surface area contributed by atoms with E-state index >= 15 is 0 Å². The fourth-order valence-corrected chi connectivity index (χ4v) is 2.87. The van der Waals surface area contributed by atoms with Crippen molar-refractivity contribution in [1.29, 1.82) is 0 Å². The van der Waals surface area contributed by atoms with Gasteiger partial charge in [0.25, 0.3) is 5.56 Å². The fourth-order valence-electron chi connectivity index (χ4n) is 2.08. The monoisotopic (exact) mass is 343 g/mol. The topological polar surface area (TPSA) is 70.0 Å². The second-order valence-electron chi connectivity index (χ2n) is 6.35. The second kappa shape index (κ2) is 6.18. The van der Waals surface area contributed by atoms with E-state index in [1.165, 1.54) is 7.05 Å². The SMILES string of the molecule is C[C@@H](N[S@@+]([O-])C(C)(C)C)c1nn(C)c(=O)c2cc(F)c(F)cc12. The van der Waals surface area contributed by atoms with Gasteiger partial charge < -0.3 is 4.55 Å². The molecule has 1 aromatic carbocycles. The molecule has 0 amide bonds. The van der Waals surface area contributed by atoms with Crippen LogP contribution in [0.2, 0.25) is 0 Å². The van der Waals surface area contributed by atoms with Crippen molar-refractivity contribution in [2.24, 2.45) is 7.05 Å². The van der Waals surface area contributed by atoms with E-state index in [0.29, 0.717) is 5.69 Å². The van der Waals surface area contributed by atoms with Gasteiger partial charge in [-0.2, -0.15) is 5.10 Å². The zero-order chi connectivity index (χ0) is 17.5. The molecule has 0 saturated carbocycles. The van der Waals surface area contributed by atoms with Crippen LogP contribution in [0, 0.1) is 11.6 Å². The first-order valence-electron chi connectivity index (χ1n) is 7.06. The summed E-state index contributed by atoms with van der Waals surface area (Å²) in [6.07, 6.45) is 0. The third-order valence-electron chi connectivity index (χ3n) is 3.37. The van der Waals surface area contributed by atoms with Crippen LogP contribution in [0.4, 0.5) is 8.78 Å². The van der Waals surface area contributed by atoms with Crippen LogP contribution in [-0.2, 0) is 18.4 Å². The van der Waals surface area contributed by atoms with Crippen LogP contribution in [0.5, 0.6) is 0 Å². The lowest BCUT2D eigenvalue weighted by Gasteiger charge is -2.26. The molecule has 2 rings (SSSR count). The maximum absolute atomic E-state index is 13.6. The van der Waals surface area contributed by atoms with Gasteiger partial charge in [0, 0.05) is 23.8 Å². The Hall–Kier alpha value is -1.51. The molecule has 2 aromatic rings. The maximum atomic E-state index is 13.6. The number of rotatable bonds is 3. The molecule has 0 spiro atoms. The summed E-state index contributed by atoms with van der Waals surface area (Å²) in [5, 5.41) is 4.37. The number of benzene rings is 1. The molecule has 0 unspecified atom stereocenters. The molecule has 0 radical (unpaired) electrons. The molecule has 0 aliphatic heterocycles. The maximum Gasteiger partial charge on any atom is 0.274 e. The normalized spacial score (nSPS) is 15.0. The van der Waals surface area contributed by atoms with Gasteiger partial charge in [-0.25, -0.2) is 13.5 Å². The van der Waals surface area contributed by atoms with Gasteiger partial charge in [0.1, 0.15) is 4.75 Å². The molecular weight excluding hydrogens is 324 g/mol. The van der Waals surface area contributed by atoms with E-state index in [0.717, 1.165) is 16.8 Å². The number of hydrogen-bond donors (Lipinski definition) is 1. The molecule has 5 nitrogen and oxygen atoms in total. The molecule has 1 N–H and O–H groups in total. The third-order valence-corrected chi connectivity index (χ3v) is 5.05. The molecule has 0 saturated heterocycles. The molecule has 23 heavy (non-hydrogen) atoms. The van der Waals surface area contributed by atoms with Gasteiger partial charge in [-0.15, -0.1) is 4.72 Å². The van der Waals surface area contributed by atoms with Crippen molar-refractivity contribution >= 4 is 22.1 Å². The highest BCUT2D eigenvalue weighted by molar-refractivity contribution is 7.90. The Morgan fingerprint density at radius 2 is 1.78 bits per heavy atom. The Bertz CT molecular complexity index is 802. The fraction of sp³-hybridized carbons (Fsp3) is 0.467. The molecule has 126 valence electrons. The summed E-state index contributed by atoms with van der Waals surface area (Å²) < 4.78 is 42.7. The molecular formula is C15H19F2N3O2S. The molecule has 0 bridgehead atoms. The number of aryl methyl sites for hydroxylation is 1. The lowest BCUT2D eigenvalue weighted by molar-refractivity contribution is 0.509. The van der Waals surface area contributed by atoms with Crippen LogP contribution in [0.25, 0.3) is 10.8 Å². The van der Waals surface area contributed by atoms with Crippen molar-refractivity contribution < 1.29 is 13.3 Å². The number of hydrogen-bond acceptors (Lipinski definition) is 4. The molecule has 8 heteroatoms. The lowest BCUT2D eigenvalue weighted by Crippen LogP contribution is -2.41. The highest BCUT2D eigenvalue weighted by Crippen LogP contribution is 2.24. The van der Waals surface area contributed by atoms with Gasteiger partial charge >= 0.3 is 0 Å². The summed E-state index contributed by atoms with van der Waals surface area (Å²) in [4.78, 5) is 12.1. The lowest BCUT2D eigenvalue weighted by atomic mass is 10.1. The summed E-state index contributed by atoms with van der Waals surface area (Å²) in [6.45, 7) is 7.13. The molecule has 0 fully saturated rings. The Labute approximate surface area is 136 Å². The van der Waals surface area contributed by atoms with Gasteiger partial charge in [-0.3, -0.25) is 4.79 Å². The van der Waals surface area contributed by atoms with E-state index in [-0.39, 0.29) is 10.8 Å². The summed E-state index contributed by atoms with van der Waals surface area (Å²) in [7, 11) is 1.43. The Morgan fingerprint density at radius 3 is 2.30 bits per heavy atom. The average Bonchev–Trinajstić information content (AvgIpc) is 2.43. The van der Waals surface area contributed by atoms with E-state index < -0.39 is 39.3 Å². The number of fused-ring (bicyclic) bond motifs is 1. The van der Waals surface area contributed by atoms with Crippen molar-refractivity contribution in [1.82, 2.24) is 14.5 Å². The van der Waals surface area contributed by atoms with E-state index in [4.69, 9.17) is 0 Å². The van der Waals surface area contributed by atoms with Crippen LogP contribution in [0.15, 0.2) is 16.9 Å². The van der Waals surface area contributed by atoms with Crippen molar-refractivity contribution in [3.8, 4) is 0 Å². The van der Waals surface area contributed by atoms with Crippen LogP contribution in [0.3, 0.4) is 0 Å². The smallest absolute Gasteiger partial charge is 0.274 e. The van der Waals surface area contributed by atoms with E-state index in [2.05, 4.69) is 9.82 Å². The Balaban J connectivity index is 2.58. The minimum absolute atomic E-state index is 0.0339. The summed E-state index contributed by atoms with van der Waals surface area (Å²) in [5.74, 6) is -2.15. The Morgan fingerprint density at radius 1 is 1.26 bits per heavy atom. The van der Waals surface area contributed by atoms with Crippen molar-refractivity contribution in [3.05, 3.63) is 39.8 Å². The van der Waals surface area contributed by atoms with Crippen LogP contribution in [0.1, 0.15) is 39.4 Å². The second-order valence-corrected chi connectivity index (χ2v) is 8.34. The van der Waals surface area contributed by atoms with Gasteiger partial charge in [-0.05, 0) is 39.8 Å². The minimum atomic E-state index is -1.38. The molecule has 0 aliphatic rings. The zero-order valence-corrected chi connectivity index (χ0v) is 14.4. The van der Waals surface area contributed by atoms with Gasteiger partial charge in [-0.1, -0.05) is 0 Å². The predicted octanol–water partition coefficient (Wildman–Crippen LogP) is 2.32. The van der Waals surface area contributed by atoms with Crippen molar-refractivity contribution in [3.63, 3.8) is 0 Å². The first-order chi connectivity index (χ1) is 10.5. The van der Waals surface area contributed by atoms with E-state index in [9.17, 15) is 18.1 Å². The largest absolute Gasteiger partial charge is 0.598 e. The summed E-state index contributed by atoms with van der Waals surface area (Å²) in [5.41, 5.74) is -0.189. The van der Waals surface area contributed by atoms with Crippen molar-refractivity contribution in [2.45, 2.75) is 38.5 Å².